The first-order chi connectivity index (χ1) is 11.5. The minimum Gasteiger partial charge on any atom is -0.350 e. The van der Waals surface area contributed by atoms with Crippen molar-refractivity contribution in [1.29, 1.82) is 0 Å². The van der Waals surface area contributed by atoms with E-state index < -0.39 is 0 Å². The summed E-state index contributed by atoms with van der Waals surface area (Å²) in [6.45, 7) is 3.64. The average Bonchev–Trinajstić information content (AvgIpc) is 2.97. The van der Waals surface area contributed by atoms with E-state index >= 15 is 0 Å². The van der Waals surface area contributed by atoms with Crippen LogP contribution in [0, 0.1) is 6.92 Å². The molecule has 1 fully saturated rings. The number of H-pyrrole nitrogens is 1. The van der Waals surface area contributed by atoms with Gasteiger partial charge in [0.2, 0.25) is 0 Å². The maximum Gasteiger partial charge on any atom is 0.261 e. The monoisotopic (exact) mass is 325 g/mol. The summed E-state index contributed by atoms with van der Waals surface area (Å²) in [6.07, 6.45) is 2.24. The topological polar surface area (TPSA) is 65.2 Å². The Morgan fingerprint density at radius 1 is 1.33 bits per heavy atom. The van der Waals surface area contributed by atoms with Crippen LogP contribution in [0.1, 0.15) is 28.8 Å². The van der Waals surface area contributed by atoms with Gasteiger partial charge in [-0.05, 0) is 57.1 Å². The zero-order valence-corrected chi connectivity index (χ0v) is 14.1. The first kappa shape index (κ1) is 16.5. The fraction of sp³-hybridized carbons (Fsp3) is 0.368. The number of rotatable bonds is 4. The van der Waals surface area contributed by atoms with Crippen LogP contribution in [0.5, 0.6) is 0 Å². The molecule has 5 heteroatoms. The highest BCUT2D eigenvalue weighted by Crippen LogP contribution is 2.17. The first-order valence-electron chi connectivity index (χ1n) is 8.33. The lowest BCUT2D eigenvalue weighted by Crippen LogP contribution is -2.39. The highest BCUT2D eigenvalue weighted by molar-refractivity contribution is 5.94. The molecule has 2 heterocycles. The molecule has 1 amide bonds. The van der Waals surface area contributed by atoms with Crippen molar-refractivity contribution in [3.63, 3.8) is 0 Å². The number of likely N-dealkylation sites (tertiary alicyclic amines) is 1. The molecule has 1 aliphatic heterocycles. The average molecular weight is 325 g/mol. The van der Waals surface area contributed by atoms with Crippen LogP contribution in [0.25, 0.3) is 11.3 Å². The Morgan fingerprint density at radius 3 is 2.83 bits per heavy atom. The van der Waals surface area contributed by atoms with Crippen LogP contribution in [0.15, 0.2) is 41.2 Å². The van der Waals surface area contributed by atoms with Crippen molar-refractivity contribution < 1.29 is 4.79 Å². The molecule has 0 radical (unpaired) electrons. The van der Waals surface area contributed by atoms with Gasteiger partial charge in [0.15, 0.2) is 0 Å². The van der Waals surface area contributed by atoms with E-state index in [1.807, 2.05) is 31.2 Å². The van der Waals surface area contributed by atoms with Gasteiger partial charge in [-0.1, -0.05) is 23.8 Å². The predicted molar refractivity (Wildman–Crippen MR) is 95.2 cm³/mol. The Kier molecular flexibility index (Phi) is 4.81. The third kappa shape index (κ3) is 3.57. The van der Waals surface area contributed by atoms with Crippen LogP contribution in [-0.4, -0.2) is 42.0 Å². The zero-order valence-electron chi connectivity index (χ0n) is 14.1. The van der Waals surface area contributed by atoms with Gasteiger partial charge in [0.1, 0.15) is 5.56 Å². The molecule has 2 aromatic rings. The van der Waals surface area contributed by atoms with E-state index in [0.717, 1.165) is 36.2 Å². The Morgan fingerprint density at radius 2 is 2.17 bits per heavy atom. The van der Waals surface area contributed by atoms with Gasteiger partial charge in [-0.2, -0.15) is 0 Å². The van der Waals surface area contributed by atoms with Crippen LogP contribution >= 0.6 is 0 Å². The van der Waals surface area contributed by atoms with E-state index in [0.29, 0.717) is 12.6 Å². The Hall–Kier alpha value is -2.40. The fourth-order valence-electron chi connectivity index (χ4n) is 3.18. The molecule has 0 aliphatic carbocycles. The van der Waals surface area contributed by atoms with Gasteiger partial charge in [0.05, 0.1) is 0 Å². The molecular formula is C19H23N3O2. The van der Waals surface area contributed by atoms with Gasteiger partial charge in [-0.15, -0.1) is 0 Å². The number of nitrogens with zero attached hydrogens (tertiary/aromatic N) is 1. The number of amides is 1. The molecule has 1 aliphatic rings. The highest BCUT2D eigenvalue weighted by Gasteiger charge is 2.21. The summed E-state index contributed by atoms with van der Waals surface area (Å²) in [5, 5.41) is 2.88. The van der Waals surface area contributed by atoms with Crippen LogP contribution in [0.2, 0.25) is 0 Å². The highest BCUT2D eigenvalue weighted by atomic mass is 16.2. The normalized spacial score (nSPS) is 17.8. The molecule has 24 heavy (non-hydrogen) atoms. The molecule has 0 bridgehead atoms. The number of aryl methyl sites for hydroxylation is 1. The van der Waals surface area contributed by atoms with E-state index in [1.54, 1.807) is 12.1 Å². The number of aromatic amines is 1. The van der Waals surface area contributed by atoms with Crippen molar-refractivity contribution in [3.05, 3.63) is 57.9 Å². The summed E-state index contributed by atoms with van der Waals surface area (Å²) in [7, 11) is 2.06. The number of carbonyl (C=O) groups excluding carboxylic acids is 1. The van der Waals surface area contributed by atoms with E-state index in [1.165, 1.54) is 0 Å². The molecule has 1 saturated heterocycles. The van der Waals surface area contributed by atoms with Crippen LogP contribution < -0.4 is 10.9 Å². The number of hydrogen-bond acceptors (Lipinski definition) is 3. The third-order valence-corrected chi connectivity index (χ3v) is 4.65. The quantitative estimate of drug-likeness (QED) is 0.905. The Labute approximate surface area is 141 Å². The molecule has 0 saturated carbocycles. The number of benzene rings is 1. The summed E-state index contributed by atoms with van der Waals surface area (Å²) in [5.41, 5.74) is 2.58. The number of aromatic nitrogens is 1. The molecule has 1 atom stereocenters. The summed E-state index contributed by atoms with van der Waals surface area (Å²) in [4.78, 5) is 29.6. The lowest BCUT2D eigenvalue weighted by molar-refractivity contribution is 0.0942. The van der Waals surface area contributed by atoms with Crippen molar-refractivity contribution >= 4 is 5.91 Å². The second-order valence-electron chi connectivity index (χ2n) is 6.47. The second kappa shape index (κ2) is 7.01. The van der Waals surface area contributed by atoms with Gasteiger partial charge >= 0.3 is 0 Å². The van der Waals surface area contributed by atoms with E-state index in [2.05, 4.69) is 22.2 Å². The Bertz CT molecular complexity index is 797. The summed E-state index contributed by atoms with van der Waals surface area (Å²) in [5.74, 6) is -0.313. The summed E-state index contributed by atoms with van der Waals surface area (Å²) in [6, 6.07) is 11.6. The first-order valence-corrected chi connectivity index (χ1v) is 8.33. The minimum absolute atomic E-state index is 0.159. The van der Waals surface area contributed by atoms with Crippen molar-refractivity contribution in [3.8, 4) is 11.3 Å². The van der Waals surface area contributed by atoms with Crippen LogP contribution in [0.4, 0.5) is 0 Å². The molecule has 1 aromatic heterocycles. The van der Waals surface area contributed by atoms with Crippen molar-refractivity contribution in [2.45, 2.75) is 25.8 Å². The van der Waals surface area contributed by atoms with Gasteiger partial charge in [0, 0.05) is 18.3 Å². The minimum atomic E-state index is -0.355. The maximum absolute atomic E-state index is 12.3. The predicted octanol–water partition coefficient (Wildman–Crippen LogP) is 2.17. The van der Waals surface area contributed by atoms with Gasteiger partial charge < -0.3 is 15.2 Å². The molecule has 1 unspecified atom stereocenters. The van der Waals surface area contributed by atoms with Gasteiger partial charge in [-0.25, -0.2) is 0 Å². The van der Waals surface area contributed by atoms with Crippen molar-refractivity contribution in [1.82, 2.24) is 15.2 Å². The van der Waals surface area contributed by atoms with Crippen molar-refractivity contribution in [2.75, 3.05) is 20.1 Å². The molecule has 0 spiro atoms. The van der Waals surface area contributed by atoms with Crippen LogP contribution in [-0.2, 0) is 0 Å². The maximum atomic E-state index is 12.3. The smallest absolute Gasteiger partial charge is 0.261 e. The van der Waals surface area contributed by atoms with E-state index in [-0.39, 0.29) is 17.0 Å². The number of nitrogens with one attached hydrogen (secondary N) is 2. The molecule has 1 aromatic carbocycles. The number of carbonyl (C=O) groups is 1. The summed E-state index contributed by atoms with van der Waals surface area (Å²) >= 11 is 0. The third-order valence-electron chi connectivity index (χ3n) is 4.65. The van der Waals surface area contributed by atoms with Gasteiger partial charge in [0.25, 0.3) is 11.5 Å². The number of hydrogen-bond donors (Lipinski definition) is 2. The number of pyridine rings is 1. The zero-order chi connectivity index (χ0) is 17.1. The van der Waals surface area contributed by atoms with E-state index in [4.69, 9.17) is 0 Å². The molecule has 126 valence electrons. The fourth-order valence-corrected chi connectivity index (χ4v) is 3.18. The lowest BCUT2D eigenvalue weighted by atomic mass is 10.1. The number of likely N-dealkylation sites (N-methyl/N-ethyl adjacent to an activating group) is 1. The summed E-state index contributed by atoms with van der Waals surface area (Å²) < 4.78 is 0. The molecular weight excluding hydrogens is 302 g/mol. The molecule has 3 rings (SSSR count). The molecule has 5 nitrogen and oxygen atoms in total. The standard InChI is InChI=1S/C19H23N3O2/c1-13-5-3-6-14(11-13)17-9-8-16(19(24)21-17)18(23)20-12-15-7-4-10-22(15)2/h3,5-6,8-9,11,15H,4,7,10,12H2,1-2H3,(H,20,23)(H,21,24). The van der Waals surface area contributed by atoms with Crippen molar-refractivity contribution in [2.24, 2.45) is 0 Å². The lowest BCUT2D eigenvalue weighted by Gasteiger charge is -2.19. The molecule has 2 N–H and O–H groups in total. The van der Waals surface area contributed by atoms with Crippen LogP contribution in [0.3, 0.4) is 0 Å². The Balaban J connectivity index is 1.72. The largest absolute Gasteiger partial charge is 0.350 e. The second-order valence-corrected chi connectivity index (χ2v) is 6.47. The SMILES string of the molecule is Cc1cccc(-c2ccc(C(=O)NCC3CCCN3C)c(=O)[nH]2)c1. The van der Waals surface area contributed by atoms with Gasteiger partial charge in [-0.3, -0.25) is 9.59 Å². The van der Waals surface area contributed by atoms with E-state index in [9.17, 15) is 9.59 Å².